The average Bonchev–Trinajstić information content (AvgIpc) is 2.75. The highest BCUT2D eigenvalue weighted by Gasteiger charge is 2.06. The summed E-state index contributed by atoms with van der Waals surface area (Å²) in [5.74, 6) is 0. The molecule has 1 aromatic heterocycles. The Hall–Kier alpha value is -0.830. The maximum Gasteiger partial charge on any atom is 0.0442 e. The molecule has 0 nitrogen and oxygen atoms in total. The van der Waals surface area contributed by atoms with Crippen LogP contribution in [0.2, 0.25) is 5.02 Å². The van der Waals surface area contributed by atoms with Gasteiger partial charge in [-0.2, -0.15) is 0 Å². The zero-order chi connectivity index (χ0) is 13.4. The fourth-order valence-corrected chi connectivity index (χ4v) is 3.83. The highest BCUT2D eigenvalue weighted by atomic mass is 79.9. The highest BCUT2D eigenvalue weighted by Crippen LogP contribution is 2.30. The van der Waals surface area contributed by atoms with E-state index in [1.54, 1.807) is 0 Å². The van der Waals surface area contributed by atoms with Gasteiger partial charge in [-0.15, -0.1) is 11.3 Å². The molecular weight excluding hydrogens is 340 g/mol. The molecule has 2 aromatic carbocycles. The van der Waals surface area contributed by atoms with Crippen molar-refractivity contribution in [2.24, 2.45) is 0 Å². The predicted octanol–water partition coefficient (Wildman–Crippen LogP) is 6.22. The van der Waals surface area contributed by atoms with Crippen molar-refractivity contribution in [2.75, 3.05) is 0 Å². The van der Waals surface area contributed by atoms with E-state index in [-0.39, 0.29) is 0 Å². The van der Waals surface area contributed by atoms with E-state index in [1.165, 1.54) is 26.1 Å². The number of benzene rings is 2. The number of hydrogen-bond acceptors (Lipinski definition) is 1. The smallest absolute Gasteiger partial charge is 0.0442 e. The Morgan fingerprint density at radius 2 is 1.95 bits per heavy atom. The van der Waals surface area contributed by atoms with E-state index >= 15 is 0 Å². The van der Waals surface area contributed by atoms with Crippen molar-refractivity contribution in [1.29, 1.82) is 0 Å². The standard InChI is InChI=1S/C16H12BrClS/c1-10-2-5-16-12(6-10)9-14(19-16)8-11-7-13(17)3-4-15(11)18/h2-7,9H,8H2,1H3. The van der Waals surface area contributed by atoms with Crippen LogP contribution in [0.1, 0.15) is 16.0 Å². The summed E-state index contributed by atoms with van der Waals surface area (Å²) in [6.45, 7) is 2.13. The largest absolute Gasteiger partial charge is 0.140 e. The van der Waals surface area contributed by atoms with E-state index in [0.717, 1.165) is 15.9 Å². The van der Waals surface area contributed by atoms with Gasteiger partial charge in [0.2, 0.25) is 0 Å². The number of aryl methyl sites for hydroxylation is 1. The third-order valence-corrected chi connectivity index (χ3v) is 5.07. The van der Waals surface area contributed by atoms with E-state index in [9.17, 15) is 0 Å². The summed E-state index contributed by atoms with van der Waals surface area (Å²) >= 11 is 11.6. The monoisotopic (exact) mass is 350 g/mol. The molecule has 0 radical (unpaired) electrons. The summed E-state index contributed by atoms with van der Waals surface area (Å²) in [4.78, 5) is 1.35. The van der Waals surface area contributed by atoms with Crippen molar-refractivity contribution in [3.63, 3.8) is 0 Å². The zero-order valence-corrected chi connectivity index (χ0v) is 13.6. The zero-order valence-electron chi connectivity index (χ0n) is 10.4. The van der Waals surface area contributed by atoms with Gasteiger partial charge >= 0.3 is 0 Å². The lowest BCUT2D eigenvalue weighted by molar-refractivity contribution is 1.24. The molecule has 0 bridgehead atoms. The maximum absolute atomic E-state index is 6.25. The minimum atomic E-state index is 0.830. The fourth-order valence-electron chi connectivity index (χ4n) is 2.17. The Balaban J connectivity index is 1.98. The highest BCUT2D eigenvalue weighted by molar-refractivity contribution is 9.10. The molecule has 3 heteroatoms. The molecule has 0 fully saturated rings. The van der Waals surface area contributed by atoms with Gasteiger partial charge in [0.1, 0.15) is 0 Å². The van der Waals surface area contributed by atoms with Gasteiger partial charge in [-0.1, -0.05) is 45.2 Å². The maximum atomic E-state index is 6.25. The van der Waals surface area contributed by atoms with Crippen LogP contribution in [0.15, 0.2) is 46.9 Å². The van der Waals surface area contributed by atoms with Gasteiger partial charge in [-0.25, -0.2) is 0 Å². The molecule has 0 saturated heterocycles. The van der Waals surface area contributed by atoms with E-state index in [4.69, 9.17) is 11.6 Å². The summed E-state index contributed by atoms with van der Waals surface area (Å²) < 4.78 is 2.41. The number of halogens is 2. The van der Waals surface area contributed by atoms with Gasteiger partial charge in [0, 0.05) is 25.5 Å². The van der Waals surface area contributed by atoms with Gasteiger partial charge in [-0.05, 0) is 48.2 Å². The number of thiophene rings is 1. The molecule has 0 N–H and O–H groups in total. The molecule has 1 heterocycles. The third-order valence-electron chi connectivity index (χ3n) is 3.10. The lowest BCUT2D eigenvalue weighted by atomic mass is 10.1. The van der Waals surface area contributed by atoms with Crippen LogP contribution in [0.5, 0.6) is 0 Å². The first-order chi connectivity index (χ1) is 9.11. The molecule has 0 atom stereocenters. The first-order valence-corrected chi connectivity index (χ1v) is 8.03. The number of rotatable bonds is 2. The quantitative estimate of drug-likeness (QED) is 0.514. The molecule has 3 rings (SSSR count). The van der Waals surface area contributed by atoms with Crippen LogP contribution < -0.4 is 0 Å². The Kier molecular flexibility index (Phi) is 3.66. The molecule has 19 heavy (non-hydrogen) atoms. The second kappa shape index (κ2) is 5.28. The Bertz CT molecular complexity index is 746. The van der Waals surface area contributed by atoms with Gasteiger partial charge < -0.3 is 0 Å². The lowest BCUT2D eigenvalue weighted by Gasteiger charge is -2.02. The Morgan fingerprint density at radius 3 is 2.79 bits per heavy atom. The van der Waals surface area contributed by atoms with E-state index in [1.807, 2.05) is 23.5 Å². The Labute approximate surface area is 130 Å². The molecule has 0 saturated carbocycles. The third kappa shape index (κ3) is 2.86. The van der Waals surface area contributed by atoms with Crippen LogP contribution in [0.3, 0.4) is 0 Å². The molecule has 96 valence electrons. The topological polar surface area (TPSA) is 0 Å². The molecule has 0 amide bonds. The normalized spacial score (nSPS) is 11.1. The first kappa shape index (κ1) is 13.2. The molecule has 0 aliphatic heterocycles. The van der Waals surface area contributed by atoms with Crippen molar-refractivity contribution < 1.29 is 0 Å². The van der Waals surface area contributed by atoms with Crippen molar-refractivity contribution in [3.05, 3.63) is 68.0 Å². The number of fused-ring (bicyclic) bond motifs is 1. The van der Waals surface area contributed by atoms with Gasteiger partial charge in [0.25, 0.3) is 0 Å². The molecule has 3 aromatic rings. The summed E-state index contributed by atoms with van der Waals surface area (Å²) in [5.41, 5.74) is 2.47. The van der Waals surface area contributed by atoms with Crippen LogP contribution in [-0.4, -0.2) is 0 Å². The second-order valence-electron chi connectivity index (χ2n) is 4.67. The molecule has 0 spiro atoms. The van der Waals surface area contributed by atoms with Crippen molar-refractivity contribution >= 4 is 49.0 Å². The first-order valence-electron chi connectivity index (χ1n) is 6.05. The van der Waals surface area contributed by atoms with Crippen LogP contribution in [0.4, 0.5) is 0 Å². The summed E-state index contributed by atoms with van der Waals surface area (Å²) in [5, 5.41) is 2.16. The molecule has 0 aliphatic rings. The van der Waals surface area contributed by atoms with Crippen molar-refractivity contribution in [2.45, 2.75) is 13.3 Å². The van der Waals surface area contributed by atoms with E-state index in [2.05, 4.69) is 53.2 Å². The summed E-state index contributed by atoms with van der Waals surface area (Å²) in [7, 11) is 0. The van der Waals surface area contributed by atoms with E-state index in [0.29, 0.717) is 0 Å². The lowest BCUT2D eigenvalue weighted by Crippen LogP contribution is -1.86. The molecule has 0 aliphatic carbocycles. The van der Waals surface area contributed by atoms with Crippen LogP contribution in [-0.2, 0) is 6.42 Å². The molecular formula is C16H12BrClS. The van der Waals surface area contributed by atoms with Gasteiger partial charge in [0.05, 0.1) is 0 Å². The van der Waals surface area contributed by atoms with Crippen molar-refractivity contribution in [3.8, 4) is 0 Å². The van der Waals surface area contributed by atoms with Crippen LogP contribution >= 0.6 is 38.9 Å². The second-order valence-corrected chi connectivity index (χ2v) is 7.16. The van der Waals surface area contributed by atoms with E-state index < -0.39 is 0 Å². The van der Waals surface area contributed by atoms with Crippen LogP contribution in [0.25, 0.3) is 10.1 Å². The minimum absolute atomic E-state index is 0.830. The van der Waals surface area contributed by atoms with Crippen molar-refractivity contribution in [1.82, 2.24) is 0 Å². The van der Waals surface area contributed by atoms with Gasteiger partial charge in [0.15, 0.2) is 0 Å². The minimum Gasteiger partial charge on any atom is -0.140 e. The number of hydrogen-bond donors (Lipinski definition) is 0. The predicted molar refractivity (Wildman–Crippen MR) is 88.5 cm³/mol. The SMILES string of the molecule is Cc1ccc2sc(Cc3cc(Br)ccc3Cl)cc2c1. The van der Waals surface area contributed by atoms with Crippen LogP contribution in [0, 0.1) is 6.92 Å². The average molecular weight is 352 g/mol. The Morgan fingerprint density at radius 1 is 1.11 bits per heavy atom. The summed E-state index contributed by atoms with van der Waals surface area (Å²) in [6.07, 6.45) is 0.886. The van der Waals surface area contributed by atoms with Gasteiger partial charge in [-0.3, -0.25) is 0 Å². The molecule has 0 unspecified atom stereocenters. The summed E-state index contributed by atoms with van der Waals surface area (Å²) in [6, 6.07) is 14.9. The fraction of sp³-hybridized carbons (Fsp3) is 0.125.